The SMILES string of the molecule is O=C1[C@@H]2CCC(=O)N2Cc2cc(Br)ccc2N1CCCN1CCN(c2ncccn2)CC1. The second kappa shape index (κ2) is 9.15. The first-order chi connectivity index (χ1) is 15.6. The van der Waals surface area contributed by atoms with E-state index in [9.17, 15) is 9.59 Å². The molecule has 9 heteroatoms. The second-order valence-corrected chi connectivity index (χ2v) is 9.49. The van der Waals surface area contributed by atoms with Gasteiger partial charge in [0.1, 0.15) is 6.04 Å². The number of rotatable bonds is 5. The maximum atomic E-state index is 13.4. The van der Waals surface area contributed by atoms with Crippen LogP contribution in [0.3, 0.4) is 0 Å². The highest BCUT2D eigenvalue weighted by Crippen LogP contribution is 2.34. The van der Waals surface area contributed by atoms with Gasteiger partial charge >= 0.3 is 0 Å². The Balaban J connectivity index is 1.22. The van der Waals surface area contributed by atoms with Gasteiger partial charge in [-0.15, -0.1) is 0 Å². The van der Waals surface area contributed by atoms with Gasteiger partial charge in [0.05, 0.1) is 0 Å². The van der Waals surface area contributed by atoms with E-state index in [1.807, 2.05) is 29.2 Å². The quantitative estimate of drug-likeness (QED) is 0.629. The van der Waals surface area contributed by atoms with Gasteiger partial charge < -0.3 is 14.7 Å². The molecule has 0 aliphatic carbocycles. The number of anilines is 2. The number of carbonyl (C=O) groups is 2. The Kier molecular flexibility index (Phi) is 6.10. The third kappa shape index (κ3) is 4.23. The number of carbonyl (C=O) groups excluding carboxylic acids is 2. The molecule has 2 fully saturated rings. The minimum atomic E-state index is -0.330. The van der Waals surface area contributed by atoms with E-state index in [2.05, 4.69) is 35.7 Å². The van der Waals surface area contributed by atoms with Crippen molar-refractivity contribution in [1.82, 2.24) is 19.8 Å². The molecule has 0 spiro atoms. The van der Waals surface area contributed by atoms with Crippen LogP contribution in [0.25, 0.3) is 0 Å². The smallest absolute Gasteiger partial charge is 0.249 e. The van der Waals surface area contributed by atoms with Crippen LogP contribution < -0.4 is 9.80 Å². The zero-order valence-corrected chi connectivity index (χ0v) is 19.6. The highest BCUT2D eigenvalue weighted by Gasteiger charge is 2.41. The van der Waals surface area contributed by atoms with E-state index in [1.54, 1.807) is 17.3 Å². The third-order valence-electron chi connectivity index (χ3n) is 6.62. The largest absolute Gasteiger partial charge is 0.338 e. The molecule has 8 nitrogen and oxygen atoms in total. The number of hydrogen-bond acceptors (Lipinski definition) is 6. The van der Waals surface area contributed by atoms with Gasteiger partial charge in [0.2, 0.25) is 17.8 Å². The lowest BCUT2D eigenvalue weighted by Crippen LogP contribution is -2.48. The van der Waals surface area contributed by atoms with Crippen LogP contribution in [0.4, 0.5) is 11.6 Å². The number of hydrogen-bond donors (Lipinski definition) is 0. The van der Waals surface area contributed by atoms with Gasteiger partial charge in [-0.05, 0) is 49.2 Å². The summed E-state index contributed by atoms with van der Waals surface area (Å²) in [5, 5.41) is 0. The Hall–Kier alpha value is -2.52. The number of nitrogens with zero attached hydrogens (tertiary/aromatic N) is 6. The Morgan fingerprint density at radius 3 is 2.59 bits per heavy atom. The average molecular weight is 499 g/mol. The highest BCUT2D eigenvalue weighted by molar-refractivity contribution is 9.10. The molecule has 3 aliphatic heterocycles. The molecule has 168 valence electrons. The molecule has 2 amide bonds. The lowest BCUT2D eigenvalue weighted by molar-refractivity contribution is -0.134. The van der Waals surface area contributed by atoms with Gasteiger partial charge in [0.15, 0.2) is 0 Å². The predicted octanol–water partition coefficient (Wildman–Crippen LogP) is 2.29. The fraction of sp³-hybridized carbons (Fsp3) is 0.478. The van der Waals surface area contributed by atoms with Gasteiger partial charge in [-0.25, -0.2) is 9.97 Å². The van der Waals surface area contributed by atoms with Crippen LogP contribution in [0.15, 0.2) is 41.1 Å². The normalized spacial score (nSPS) is 21.5. The Labute approximate surface area is 196 Å². The van der Waals surface area contributed by atoms with Crippen molar-refractivity contribution >= 4 is 39.4 Å². The fourth-order valence-corrected chi connectivity index (χ4v) is 5.33. The molecular weight excluding hydrogens is 472 g/mol. The maximum Gasteiger partial charge on any atom is 0.249 e. The lowest BCUT2D eigenvalue weighted by Gasteiger charge is -2.35. The predicted molar refractivity (Wildman–Crippen MR) is 125 cm³/mol. The molecule has 1 aromatic carbocycles. The summed E-state index contributed by atoms with van der Waals surface area (Å²) < 4.78 is 0.967. The van der Waals surface area contributed by atoms with Crippen LogP contribution in [0.1, 0.15) is 24.8 Å². The Bertz CT molecular complexity index is 995. The summed E-state index contributed by atoms with van der Waals surface area (Å²) in [6.07, 6.45) is 5.53. The van der Waals surface area contributed by atoms with Crippen molar-refractivity contribution < 1.29 is 9.59 Å². The number of aromatic nitrogens is 2. The van der Waals surface area contributed by atoms with Crippen LogP contribution >= 0.6 is 15.9 Å². The van der Waals surface area contributed by atoms with Crippen molar-refractivity contribution in [3.05, 3.63) is 46.7 Å². The van der Waals surface area contributed by atoms with Crippen molar-refractivity contribution in [2.75, 3.05) is 49.1 Å². The molecule has 0 unspecified atom stereocenters. The molecule has 2 saturated heterocycles. The summed E-state index contributed by atoms with van der Waals surface area (Å²) in [5.41, 5.74) is 1.97. The van der Waals surface area contributed by atoms with E-state index < -0.39 is 0 Å². The van der Waals surface area contributed by atoms with Crippen molar-refractivity contribution in [1.29, 1.82) is 0 Å². The Morgan fingerprint density at radius 2 is 1.81 bits per heavy atom. The van der Waals surface area contributed by atoms with Gasteiger partial charge in [-0.2, -0.15) is 0 Å². The van der Waals surface area contributed by atoms with Crippen LogP contribution in [0, 0.1) is 0 Å². The third-order valence-corrected chi connectivity index (χ3v) is 7.11. The number of fused-ring (bicyclic) bond motifs is 2. The number of piperazine rings is 1. The molecular formula is C23H27BrN6O2. The van der Waals surface area contributed by atoms with Gasteiger partial charge in [0, 0.05) is 68.2 Å². The van der Waals surface area contributed by atoms with Crippen molar-refractivity contribution in [2.24, 2.45) is 0 Å². The van der Waals surface area contributed by atoms with Crippen LogP contribution in [-0.4, -0.2) is 76.9 Å². The monoisotopic (exact) mass is 498 g/mol. The molecule has 0 bridgehead atoms. The molecule has 0 radical (unpaired) electrons. The van der Waals surface area contributed by atoms with Crippen LogP contribution in [0.5, 0.6) is 0 Å². The minimum absolute atomic E-state index is 0.0583. The summed E-state index contributed by atoms with van der Waals surface area (Å²) in [7, 11) is 0. The highest BCUT2D eigenvalue weighted by atomic mass is 79.9. The molecule has 2 aromatic rings. The summed E-state index contributed by atoms with van der Waals surface area (Å²) in [4.78, 5) is 42.8. The fourth-order valence-electron chi connectivity index (χ4n) is 4.92. The Morgan fingerprint density at radius 1 is 1.03 bits per heavy atom. The zero-order chi connectivity index (χ0) is 22.1. The molecule has 0 N–H and O–H groups in total. The summed E-state index contributed by atoms with van der Waals surface area (Å²) >= 11 is 3.54. The summed E-state index contributed by atoms with van der Waals surface area (Å²) in [6, 6.07) is 7.52. The molecule has 3 aliphatic rings. The molecule has 0 saturated carbocycles. The van der Waals surface area contributed by atoms with Crippen molar-refractivity contribution in [2.45, 2.75) is 31.8 Å². The van der Waals surface area contributed by atoms with Crippen LogP contribution in [-0.2, 0) is 16.1 Å². The molecule has 5 rings (SSSR count). The average Bonchev–Trinajstić information content (AvgIpc) is 3.13. The van der Waals surface area contributed by atoms with E-state index in [0.717, 1.165) is 60.8 Å². The number of benzene rings is 1. The first-order valence-corrected chi connectivity index (χ1v) is 12.0. The molecule has 4 heterocycles. The van der Waals surface area contributed by atoms with E-state index in [4.69, 9.17) is 0 Å². The second-order valence-electron chi connectivity index (χ2n) is 8.57. The molecule has 32 heavy (non-hydrogen) atoms. The first-order valence-electron chi connectivity index (χ1n) is 11.2. The van der Waals surface area contributed by atoms with Gasteiger partial charge in [-0.3, -0.25) is 14.5 Å². The standard InChI is InChI=1S/C23H27BrN6O2/c24-18-3-4-19-17(15-18)16-30-20(5-6-21(30)31)22(32)29(19)10-2-9-27-11-13-28(14-12-27)23-25-7-1-8-26-23/h1,3-4,7-8,15,20H,2,5-6,9-14,16H2/t20-/m0/s1. The zero-order valence-electron chi connectivity index (χ0n) is 18.0. The summed E-state index contributed by atoms with van der Waals surface area (Å²) in [5.74, 6) is 0.931. The van der Waals surface area contributed by atoms with Gasteiger partial charge in [-0.1, -0.05) is 15.9 Å². The van der Waals surface area contributed by atoms with E-state index in [-0.39, 0.29) is 17.9 Å². The number of amides is 2. The maximum absolute atomic E-state index is 13.4. The van der Waals surface area contributed by atoms with Gasteiger partial charge in [0.25, 0.3) is 0 Å². The van der Waals surface area contributed by atoms with E-state index >= 15 is 0 Å². The minimum Gasteiger partial charge on any atom is -0.338 e. The van der Waals surface area contributed by atoms with E-state index in [0.29, 0.717) is 25.9 Å². The van der Waals surface area contributed by atoms with Crippen LogP contribution in [0.2, 0.25) is 0 Å². The first kappa shape index (κ1) is 21.3. The molecule has 1 aromatic heterocycles. The van der Waals surface area contributed by atoms with Crippen molar-refractivity contribution in [3.8, 4) is 0 Å². The molecule has 1 atom stereocenters. The van der Waals surface area contributed by atoms with Crippen molar-refractivity contribution in [3.63, 3.8) is 0 Å². The number of halogens is 1. The topological polar surface area (TPSA) is 72.9 Å². The van der Waals surface area contributed by atoms with E-state index in [1.165, 1.54) is 0 Å². The lowest BCUT2D eigenvalue weighted by atomic mass is 10.1. The summed E-state index contributed by atoms with van der Waals surface area (Å²) in [6.45, 7) is 5.83.